The number of furan rings is 3. The van der Waals surface area contributed by atoms with Crippen molar-refractivity contribution < 1.29 is 13.3 Å². The van der Waals surface area contributed by atoms with Crippen LogP contribution < -0.4 is 4.90 Å². The molecule has 58 heavy (non-hydrogen) atoms. The summed E-state index contributed by atoms with van der Waals surface area (Å²) in [7, 11) is 0. The van der Waals surface area contributed by atoms with Gasteiger partial charge in [-0.15, -0.1) is 0 Å². The molecule has 3 aliphatic carbocycles. The van der Waals surface area contributed by atoms with Crippen LogP contribution in [-0.4, -0.2) is 0 Å². The van der Waals surface area contributed by atoms with Crippen LogP contribution in [0.2, 0.25) is 0 Å². The fourth-order valence-electron chi connectivity index (χ4n) is 10.9. The van der Waals surface area contributed by atoms with Crippen LogP contribution in [0.3, 0.4) is 0 Å². The van der Waals surface area contributed by atoms with Crippen LogP contribution in [0, 0.1) is 0 Å². The molecular formula is C54H39NO3. The quantitative estimate of drug-likeness (QED) is 0.180. The van der Waals surface area contributed by atoms with Gasteiger partial charge in [0.1, 0.15) is 33.7 Å². The van der Waals surface area contributed by atoms with Gasteiger partial charge in [0.15, 0.2) is 0 Å². The summed E-state index contributed by atoms with van der Waals surface area (Å²) >= 11 is 0. The summed E-state index contributed by atoms with van der Waals surface area (Å²) in [5.41, 5.74) is 19.0. The minimum atomic E-state index is -0.161. The molecule has 0 aliphatic heterocycles. The Morgan fingerprint density at radius 1 is 0.483 bits per heavy atom. The molecule has 0 fully saturated rings. The van der Waals surface area contributed by atoms with E-state index in [4.69, 9.17) is 13.3 Å². The SMILES string of the molecule is CC1(C)c2ccccc2-c2ccc(N(c3ccc4c(c3)C(C)(C)c3ccccc3-4)c3cc4oc5ccc6oc7ccccc7c6c5c4c4oc5c(c34)CCC=C5)cc21. The van der Waals surface area contributed by atoms with E-state index in [0.29, 0.717) is 0 Å². The monoisotopic (exact) mass is 749 g/mol. The summed E-state index contributed by atoms with van der Waals surface area (Å²) < 4.78 is 20.4. The van der Waals surface area contributed by atoms with Gasteiger partial charge in [-0.2, -0.15) is 0 Å². The number of benzene rings is 7. The first-order valence-corrected chi connectivity index (χ1v) is 20.5. The molecule has 4 nitrogen and oxygen atoms in total. The standard InChI is InChI=1S/C54H39NO3/c1-53(2)38-17-9-5-13-32(38)34-23-21-30(27-40(34)53)55(31-22-24-35-33-14-6-10-18-39(33)54(3,4)41(35)28-31)42-29-47-51(52-48(42)36-15-7-12-20-44(36)58-52)50-46(57-47)26-25-45-49(50)37-16-8-11-19-43(37)56-45/h5-6,8-14,16-29H,7,15H2,1-4H3. The van der Waals surface area contributed by atoms with Gasteiger partial charge >= 0.3 is 0 Å². The lowest BCUT2D eigenvalue weighted by Gasteiger charge is -2.30. The van der Waals surface area contributed by atoms with Crippen molar-refractivity contribution in [2.24, 2.45) is 0 Å². The Labute approximate surface area is 335 Å². The molecule has 0 bridgehead atoms. The van der Waals surface area contributed by atoms with Crippen LogP contribution in [0.5, 0.6) is 0 Å². The van der Waals surface area contributed by atoms with E-state index in [0.717, 1.165) is 90.5 Å². The summed E-state index contributed by atoms with van der Waals surface area (Å²) in [5.74, 6) is 0.921. The summed E-state index contributed by atoms with van der Waals surface area (Å²) in [5, 5.41) is 5.28. The molecule has 0 N–H and O–H groups in total. The Morgan fingerprint density at radius 3 is 1.76 bits per heavy atom. The summed E-state index contributed by atoms with van der Waals surface area (Å²) in [4.78, 5) is 2.48. The van der Waals surface area contributed by atoms with E-state index in [9.17, 15) is 0 Å². The predicted molar refractivity (Wildman–Crippen MR) is 238 cm³/mol. The number of hydrogen-bond acceptors (Lipinski definition) is 4. The van der Waals surface area contributed by atoms with Crippen LogP contribution in [0.25, 0.3) is 83.2 Å². The number of anilines is 3. The normalized spacial score (nSPS) is 15.7. The molecule has 10 aromatic rings. The smallest absolute Gasteiger partial charge is 0.148 e. The third kappa shape index (κ3) is 4.04. The van der Waals surface area contributed by atoms with Crippen molar-refractivity contribution in [3.05, 3.63) is 167 Å². The molecule has 13 rings (SSSR count). The largest absolute Gasteiger partial charge is 0.456 e. The number of para-hydroxylation sites is 1. The molecule has 3 aliphatic rings. The zero-order valence-electron chi connectivity index (χ0n) is 32.9. The highest BCUT2D eigenvalue weighted by Gasteiger charge is 2.38. The molecule has 0 amide bonds. The third-order valence-electron chi connectivity index (χ3n) is 13.7. The van der Waals surface area contributed by atoms with E-state index in [1.807, 2.05) is 24.3 Å². The van der Waals surface area contributed by atoms with E-state index in [-0.39, 0.29) is 10.8 Å². The summed E-state index contributed by atoms with van der Waals surface area (Å²) in [6, 6.07) is 46.6. The summed E-state index contributed by atoms with van der Waals surface area (Å²) in [6.07, 6.45) is 6.24. The topological polar surface area (TPSA) is 42.7 Å². The number of aryl methyl sites for hydroxylation is 1. The zero-order chi connectivity index (χ0) is 38.7. The molecule has 278 valence electrons. The molecule has 4 heteroatoms. The van der Waals surface area contributed by atoms with Gasteiger partial charge in [-0.05, 0) is 106 Å². The lowest BCUT2D eigenvalue weighted by atomic mass is 9.82. The van der Waals surface area contributed by atoms with Gasteiger partial charge in [-0.25, -0.2) is 0 Å². The van der Waals surface area contributed by atoms with E-state index < -0.39 is 0 Å². The van der Waals surface area contributed by atoms with Crippen LogP contribution in [0.4, 0.5) is 17.1 Å². The van der Waals surface area contributed by atoms with Crippen molar-refractivity contribution in [1.29, 1.82) is 0 Å². The van der Waals surface area contributed by atoms with Crippen LogP contribution >= 0.6 is 0 Å². The van der Waals surface area contributed by atoms with Gasteiger partial charge in [-0.1, -0.05) is 113 Å². The number of hydrogen-bond donors (Lipinski definition) is 0. The predicted octanol–water partition coefficient (Wildman–Crippen LogP) is 15.3. The van der Waals surface area contributed by atoms with E-state index in [2.05, 4.69) is 148 Å². The van der Waals surface area contributed by atoms with Gasteiger partial charge in [0.25, 0.3) is 0 Å². The van der Waals surface area contributed by atoms with Gasteiger partial charge < -0.3 is 18.2 Å². The maximum Gasteiger partial charge on any atom is 0.148 e. The Hall–Kier alpha value is -6.78. The highest BCUT2D eigenvalue weighted by molar-refractivity contribution is 6.31. The first-order valence-electron chi connectivity index (χ1n) is 20.5. The fraction of sp³-hybridized carbons (Fsp3) is 0.148. The minimum absolute atomic E-state index is 0.161. The molecular weight excluding hydrogens is 711 g/mol. The maximum absolute atomic E-state index is 7.07. The molecule has 0 atom stereocenters. The van der Waals surface area contributed by atoms with E-state index in [1.165, 1.54) is 50.1 Å². The third-order valence-corrected chi connectivity index (χ3v) is 13.7. The average molecular weight is 750 g/mol. The first kappa shape index (κ1) is 32.3. The first-order chi connectivity index (χ1) is 28.3. The highest BCUT2D eigenvalue weighted by atomic mass is 16.4. The Bertz CT molecular complexity index is 3370. The molecule has 3 aromatic heterocycles. The molecule has 0 saturated carbocycles. The zero-order valence-corrected chi connectivity index (χ0v) is 32.9. The van der Waals surface area contributed by atoms with Gasteiger partial charge in [0.2, 0.25) is 0 Å². The average Bonchev–Trinajstić information content (AvgIpc) is 4.02. The second kappa shape index (κ2) is 11.0. The molecule has 0 radical (unpaired) electrons. The second-order valence-corrected chi connectivity index (χ2v) is 17.5. The molecule has 3 heterocycles. The van der Waals surface area contributed by atoms with Crippen molar-refractivity contribution >= 4 is 78.0 Å². The Kier molecular flexibility index (Phi) is 6.12. The molecule has 7 aromatic carbocycles. The van der Waals surface area contributed by atoms with Crippen LogP contribution in [0.1, 0.15) is 67.7 Å². The Balaban J connectivity index is 1.14. The lowest BCUT2D eigenvalue weighted by Crippen LogP contribution is -2.18. The van der Waals surface area contributed by atoms with Crippen molar-refractivity contribution in [3.63, 3.8) is 0 Å². The molecule has 0 saturated heterocycles. The second-order valence-electron chi connectivity index (χ2n) is 17.5. The maximum atomic E-state index is 7.07. The van der Waals surface area contributed by atoms with Gasteiger partial charge in [0, 0.05) is 55.4 Å². The van der Waals surface area contributed by atoms with E-state index >= 15 is 0 Å². The van der Waals surface area contributed by atoms with Gasteiger partial charge in [0.05, 0.1) is 11.1 Å². The number of allylic oxidation sites excluding steroid dienone is 1. The molecule has 0 unspecified atom stereocenters. The van der Waals surface area contributed by atoms with Crippen LogP contribution in [-0.2, 0) is 17.3 Å². The summed E-state index contributed by atoms with van der Waals surface area (Å²) in [6.45, 7) is 9.44. The number of fused-ring (bicyclic) bond motifs is 17. The highest BCUT2D eigenvalue weighted by Crippen LogP contribution is 2.55. The molecule has 0 spiro atoms. The lowest BCUT2D eigenvalue weighted by molar-refractivity contribution is 0.598. The number of rotatable bonds is 3. The minimum Gasteiger partial charge on any atom is -0.456 e. The van der Waals surface area contributed by atoms with Crippen molar-refractivity contribution in [2.45, 2.75) is 51.4 Å². The Morgan fingerprint density at radius 2 is 1.07 bits per heavy atom. The number of nitrogens with zero attached hydrogens (tertiary/aromatic N) is 1. The van der Waals surface area contributed by atoms with Crippen molar-refractivity contribution in [1.82, 2.24) is 0 Å². The van der Waals surface area contributed by atoms with Gasteiger partial charge in [-0.3, -0.25) is 0 Å². The van der Waals surface area contributed by atoms with E-state index in [1.54, 1.807) is 0 Å². The van der Waals surface area contributed by atoms with Crippen LogP contribution in [0.15, 0.2) is 147 Å². The van der Waals surface area contributed by atoms with Crippen molar-refractivity contribution in [3.8, 4) is 22.3 Å². The van der Waals surface area contributed by atoms with Crippen molar-refractivity contribution in [2.75, 3.05) is 4.90 Å². The fourth-order valence-corrected chi connectivity index (χ4v) is 10.9.